The first-order valence-corrected chi connectivity index (χ1v) is 9.08. The molecule has 3 N–H and O–H groups in total. The Labute approximate surface area is 158 Å². The van der Waals surface area contributed by atoms with Crippen molar-refractivity contribution in [1.29, 1.82) is 0 Å². The smallest absolute Gasteiger partial charge is 0.354 e. The van der Waals surface area contributed by atoms with Crippen molar-refractivity contribution in [3.8, 4) is 0 Å². The predicted molar refractivity (Wildman–Crippen MR) is 106 cm³/mol. The Morgan fingerprint density at radius 3 is 2.74 bits per heavy atom. The topological polar surface area (TPSA) is 96.2 Å². The van der Waals surface area contributed by atoms with Gasteiger partial charge in [0.25, 0.3) is 0 Å². The molecule has 7 nitrogen and oxygen atoms in total. The molecule has 27 heavy (non-hydrogen) atoms. The van der Waals surface area contributed by atoms with Gasteiger partial charge in [-0.1, -0.05) is 0 Å². The minimum atomic E-state index is -1.07. The maximum absolute atomic E-state index is 12.1. The molecule has 0 atom stereocenters. The number of carbonyl (C=O) groups is 2. The maximum atomic E-state index is 12.1. The molecule has 0 aliphatic heterocycles. The fraction of sp³-hybridized carbons (Fsp3) is 0.105. The molecule has 0 fully saturated rings. The molecule has 0 aliphatic rings. The van der Waals surface area contributed by atoms with Crippen LogP contribution in [-0.2, 0) is 0 Å². The van der Waals surface area contributed by atoms with E-state index >= 15 is 0 Å². The number of nitrogens with zero attached hydrogens (tertiary/aromatic N) is 2. The molecule has 1 aromatic carbocycles. The number of carboxylic acid groups (broad SMARTS) is 1. The van der Waals surface area contributed by atoms with Crippen LogP contribution < -0.4 is 10.6 Å². The number of fused-ring (bicyclic) bond motifs is 2. The molecule has 136 valence electrons. The van der Waals surface area contributed by atoms with Gasteiger partial charge in [0, 0.05) is 29.2 Å². The minimum Gasteiger partial charge on any atom is -0.477 e. The number of amides is 1. The average molecular weight is 380 g/mol. The number of anilines is 2. The summed E-state index contributed by atoms with van der Waals surface area (Å²) in [4.78, 5) is 28.3. The first-order valence-electron chi connectivity index (χ1n) is 8.20. The van der Waals surface area contributed by atoms with E-state index in [4.69, 9.17) is 0 Å². The first-order chi connectivity index (χ1) is 13.0. The first kappa shape index (κ1) is 17.0. The number of hydrogen-bond donors (Lipinski definition) is 3. The molecule has 0 spiro atoms. The molecule has 4 rings (SSSR count). The molecule has 0 bridgehead atoms. The highest BCUT2D eigenvalue weighted by atomic mass is 32.1. The van der Waals surface area contributed by atoms with Crippen LogP contribution in [0.3, 0.4) is 0 Å². The summed E-state index contributed by atoms with van der Waals surface area (Å²) >= 11 is 1.39. The molecule has 4 aromatic rings. The molecule has 3 heterocycles. The van der Waals surface area contributed by atoms with Gasteiger partial charge in [-0.25, -0.2) is 14.6 Å². The van der Waals surface area contributed by atoms with E-state index in [0.29, 0.717) is 10.5 Å². The lowest BCUT2D eigenvalue weighted by Gasteiger charge is -2.10. The van der Waals surface area contributed by atoms with Crippen LogP contribution in [0.25, 0.3) is 21.1 Å². The minimum absolute atomic E-state index is 0.00450. The molecule has 0 saturated carbocycles. The largest absolute Gasteiger partial charge is 0.477 e. The monoisotopic (exact) mass is 380 g/mol. The van der Waals surface area contributed by atoms with Crippen LogP contribution in [0.5, 0.6) is 0 Å². The predicted octanol–water partition coefficient (Wildman–Crippen LogP) is 4.19. The Balaban J connectivity index is 1.78. The van der Waals surface area contributed by atoms with E-state index in [1.165, 1.54) is 17.4 Å². The summed E-state index contributed by atoms with van der Waals surface area (Å²) in [5, 5.41) is 18.9. The van der Waals surface area contributed by atoms with Crippen LogP contribution in [-0.4, -0.2) is 33.7 Å². The maximum Gasteiger partial charge on any atom is 0.354 e. The number of rotatable bonds is 3. The van der Waals surface area contributed by atoms with Gasteiger partial charge in [0.15, 0.2) is 5.69 Å². The Morgan fingerprint density at radius 2 is 2.00 bits per heavy atom. The SMILES string of the molecule is CNC(=O)n1c(C)cc2cc(Nc3cc(C(=O)O)nc4sccc34)ccc21. The Morgan fingerprint density at radius 1 is 1.19 bits per heavy atom. The molecular weight excluding hydrogens is 364 g/mol. The molecule has 3 aromatic heterocycles. The summed E-state index contributed by atoms with van der Waals surface area (Å²) in [6.45, 7) is 1.87. The summed E-state index contributed by atoms with van der Waals surface area (Å²) in [7, 11) is 1.60. The standard InChI is InChI=1S/C19H16N4O3S/c1-10-7-11-8-12(3-4-16(11)23(10)19(26)20-2)21-14-9-15(18(24)25)22-17-13(14)5-6-27-17/h3-9H,1-2H3,(H,20,26)(H,21,22)(H,24,25). The number of hydrogen-bond acceptors (Lipinski definition) is 5. The van der Waals surface area contributed by atoms with Crippen LogP contribution in [0.15, 0.2) is 41.8 Å². The third-order valence-corrected chi connectivity index (χ3v) is 5.15. The molecule has 1 amide bonds. The molecular formula is C19H16N4O3S. The van der Waals surface area contributed by atoms with E-state index in [1.54, 1.807) is 11.6 Å². The number of aromatic nitrogens is 2. The quantitative estimate of drug-likeness (QED) is 0.495. The molecule has 0 radical (unpaired) electrons. The number of pyridine rings is 1. The number of carboxylic acids is 1. The number of benzene rings is 1. The van der Waals surface area contributed by atoms with Crippen molar-refractivity contribution in [2.75, 3.05) is 12.4 Å². The van der Waals surface area contributed by atoms with Crippen LogP contribution in [0, 0.1) is 6.92 Å². The zero-order valence-electron chi connectivity index (χ0n) is 14.6. The number of thiophene rings is 1. The van der Waals surface area contributed by atoms with Gasteiger partial charge in [0.05, 0.1) is 11.2 Å². The van der Waals surface area contributed by atoms with Crippen molar-refractivity contribution in [3.63, 3.8) is 0 Å². The zero-order chi connectivity index (χ0) is 19.1. The van der Waals surface area contributed by atoms with E-state index in [0.717, 1.165) is 27.7 Å². The second-order valence-electron chi connectivity index (χ2n) is 6.07. The van der Waals surface area contributed by atoms with Crippen LogP contribution in [0.1, 0.15) is 16.2 Å². The van der Waals surface area contributed by atoms with Gasteiger partial charge in [0.1, 0.15) is 4.83 Å². The van der Waals surface area contributed by atoms with Crippen LogP contribution >= 0.6 is 11.3 Å². The Kier molecular flexibility index (Phi) is 4.04. The Hall–Kier alpha value is -3.39. The fourth-order valence-corrected chi connectivity index (χ4v) is 3.92. The van der Waals surface area contributed by atoms with Gasteiger partial charge in [0.2, 0.25) is 0 Å². The lowest BCUT2D eigenvalue weighted by atomic mass is 10.2. The highest BCUT2D eigenvalue weighted by molar-refractivity contribution is 7.16. The van der Waals surface area contributed by atoms with Crippen molar-refractivity contribution in [2.45, 2.75) is 6.92 Å². The van der Waals surface area contributed by atoms with Crippen LogP contribution in [0.4, 0.5) is 16.2 Å². The van der Waals surface area contributed by atoms with Gasteiger partial charge in [-0.05, 0) is 48.7 Å². The van der Waals surface area contributed by atoms with Crippen molar-refractivity contribution in [1.82, 2.24) is 14.9 Å². The van der Waals surface area contributed by atoms with Gasteiger partial charge < -0.3 is 15.7 Å². The van der Waals surface area contributed by atoms with Crippen molar-refractivity contribution in [3.05, 3.63) is 53.2 Å². The summed E-state index contributed by atoms with van der Waals surface area (Å²) in [5.74, 6) is -1.07. The number of aromatic carboxylic acids is 1. The van der Waals surface area contributed by atoms with E-state index in [-0.39, 0.29) is 11.7 Å². The van der Waals surface area contributed by atoms with Gasteiger partial charge >= 0.3 is 12.0 Å². The van der Waals surface area contributed by atoms with Gasteiger partial charge in [-0.3, -0.25) is 4.57 Å². The molecule has 0 saturated heterocycles. The van der Waals surface area contributed by atoms with Crippen molar-refractivity contribution < 1.29 is 14.7 Å². The highest BCUT2D eigenvalue weighted by Crippen LogP contribution is 2.31. The number of carbonyl (C=O) groups excluding carboxylic acids is 1. The van der Waals surface area contributed by atoms with Gasteiger partial charge in [-0.15, -0.1) is 11.3 Å². The van der Waals surface area contributed by atoms with Gasteiger partial charge in [-0.2, -0.15) is 0 Å². The Bertz CT molecular complexity index is 1210. The zero-order valence-corrected chi connectivity index (χ0v) is 15.4. The average Bonchev–Trinajstić information content (AvgIpc) is 3.24. The lowest BCUT2D eigenvalue weighted by Crippen LogP contribution is -2.25. The summed E-state index contributed by atoms with van der Waals surface area (Å²) in [6, 6.07) is 10.8. The van der Waals surface area contributed by atoms with Crippen molar-refractivity contribution >= 4 is 55.8 Å². The second kappa shape index (κ2) is 6.40. The normalized spacial score (nSPS) is 11.0. The highest BCUT2D eigenvalue weighted by Gasteiger charge is 2.14. The summed E-state index contributed by atoms with van der Waals surface area (Å²) in [6.07, 6.45) is 0. The van der Waals surface area contributed by atoms with E-state index in [1.807, 2.05) is 42.6 Å². The van der Waals surface area contributed by atoms with Crippen LogP contribution in [0.2, 0.25) is 0 Å². The third-order valence-electron chi connectivity index (χ3n) is 4.34. The van der Waals surface area contributed by atoms with Crippen molar-refractivity contribution in [2.24, 2.45) is 0 Å². The summed E-state index contributed by atoms with van der Waals surface area (Å²) < 4.78 is 1.62. The van der Waals surface area contributed by atoms with E-state index < -0.39 is 5.97 Å². The molecule has 0 aliphatic carbocycles. The lowest BCUT2D eigenvalue weighted by molar-refractivity contribution is 0.0691. The molecule has 8 heteroatoms. The number of nitrogens with one attached hydrogen (secondary N) is 2. The van der Waals surface area contributed by atoms with E-state index in [2.05, 4.69) is 15.6 Å². The second-order valence-corrected chi connectivity index (χ2v) is 6.97. The number of aryl methyl sites for hydroxylation is 1. The molecule has 0 unspecified atom stereocenters. The third kappa shape index (κ3) is 2.89. The fourth-order valence-electron chi connectivity index (χ4n) is 3.13. The van der Waals surface area contributed by atoms with E-state index in [9.17, 15) is 14.7 Å². The summed E-state index contributed by atoms with van der Waals surface area (Å²) in [5.41, 5.74) is 3.11.